The molecule has 0 aliphatic carbocycles. The molecule has 1 aliphatic rings. The number of nitrogens with zero attached hydrogens (tertiary/aromatic N) is 2. The van der Waals surface area contributed by atoms with E-state index in [4.69, 9.17) is 9.15 Å². The van der Waals surface area contributed by atoms with Gasteiger partial charge >= 0.3 is 5.97 Å². The van der Waals surface area contributed by atoms with E-state index in [-0.39, 0.29) is 23.3 Å². The van der Waals surface area contributed by atoms with E-state index in [1.165, 1.54) is 18.2 Å². The molecule has 0 unspecified atom stereocenters. The predicted octanol–water partition coefficient (Wildman–Crippen LogP) is 5.42. The molecule has 0 N–H and O–H groups in total. The third kappa shape index (κ3) is 4.01. The average Bonchev–Trinajstić information content (AvgIpc) is 3.36. The van der Waals surface area contributed by atoms with Gasteiger partial charge in [0.2, 0.25) is 5.89 Å². The van der Waals surface area contributed by atoms with E-state index in [1.807, 2.05) is 56.3 Å². The summed E-state index contributed by atoms with van der Waals surface area (Å²) in [6, 6.07) is 19.4. The third-order valence-corrected chi connectivity index (χ3v) is 5.98. The van der Waals surface area contributed by atoms with Gasteiger partial charge in [-0.15, -0.1) is 0 Å². The number of carbonyl (C=O) groups excluding carboxylic acids is 3. The Labute approximate surface area is 202 Å². The van der Waals surface area contributed by atoms with Gasteiger partial charge in [0.25, 0.3) is 11.8 Å². The zero-order valence-corrected chi connectivity index (χ0v) is 19.5. The van der Waals surface area contributed by atoms with Crippen LogP contribution in [0.3, 0.4) is 0 Å². The second-order valence-corrected chi connectivity index (χ2v) is 8.46. The predicted molar refractivity (Wildman–Crippen MR) is 129 cm³/mol. The molecule has 0 spiro atoms. The minimum Gasteiger partial charge on any atom is -0.455 e. The van der Waals surface area contributed by atoms with E-state index in [9.17, 15) is 14.4 Å². The second kappa shape index (κ2) is 8.68. The Bertz CT molecular complexity index is 1490. The third-order valence-electron chi connectivity index (χ3n) is 5.98. The molecule has 4 aromatic rings. The molecule has 0 bridgehead atoms. The molecule has 0 atom stereocenters. The van der Waals surface area contributed by atoms with Crippen molar-refractivity contribution in [3.8, 4) is 11.5 Å². The summed E-state index contributed by atoms with van der Waals surface area (Å²) in [6.07, 6.45) is 0. The van der Waals surface area contributed by atoms with Crippen molar-refractivity contribution in [2.45, 2.75) is 27.4 Å². The summed E-state index contributed by atoms with van der Waals surface area (Å²) in [6.45, 7) is 5.41. The van der Waals surface area contributed by atoms with Gasteiger partial charge < -0.3 is 9.15 Å². The molecule has 0 saturated heterocycles. The van der Waals surface area contributed by atoms with Crippen molar-refractivity contribution < 1.29 is 23.5 Å². The number of aryl methyl sites for hydroxylation is 3. The molecular weight excluding hydrogens is 444 g/mol. The number of esters is 1. The molecule has 2 amide bonds. The molecule has 0 fully saturated rings. The van der Waals surface area contributed by atoms with Crippen LogP contribution in [0.5, 0.6) is 0 Å². The molecule has 0 saturated carbocycles. The molecule has 35 heavy (non-hydrogen) atoms. The molecule has 2 heterocycles. The van der Waals surface area contributed by atoms with Crippen LogP contribution in [0.4, 0.5) is 5.69 Å². The Morgan fingerprint density at radius 2 is 1.66 bits per heavy atom. The Kier molecular flexibility index (Phi) is 5.53. The van der Waals surface area contributed by atoms with Gasteiger partial charge in [-0.2, -0.15) is 0 Å². The summed E-state index contributed by atoms with van der Waals surface area (Å²) in [5, 5.41) is 0. The maximum absolute atomic E-state index is 13.1. The zero-order chi connectivity index (χ0) is 24.7. The molecule has 0 radical (unpaired) electrons. The van der Waals surface area contributed by atoms with E-state index >= 15 is 0 Å². The fourth-order valence-electron chi connectivity index (χ4n) is 4.03. The first kappa shape index (κ1) is 22.3. The number of hydrogen-bond donors (Lipinski definition) is 0. The lowest BCUT2D eigenvalue weighted by Gasteiger charge is -2.17. The van der Waals surface area contributed by atoms with E-state index in [0.717, 1.165) is 21.6 Å². The van der Waals surface area contributed by atoms with Gasteiger partial charge in [-0.05, 0) is 68.3 Å². The Morgan fingerprint density at radius 3 is 2.43 bits per heavy atom. The average molecular weight is 466 g/mol. The Balaban J connectivity index is 1.35. The van der Waals surface area contributed by atoms with Gasteiger partial charge in [0, 0.05) is 5.56 Å². The molecule has 7 nitrogen and oxygen atoms in total. The van der Waals surface area contributed by atoms with Crippen molar-refractivity contribution in [1.82, 2.24) is 4.98 Å². The number of ether oxygens (including phenoxy) is 1. The number of amides is 2. The number of imide groups is 1. The van der Waals surface area contributed by atoms with Crippen LogP contribution in [0, 0.1) is 20.8 Å². The summed E-state index contributed by atoms with van der Waals surface area (Å²) >= 11 is 0. The van der Waals surface area contributed by atoms with Crippen LogP contribution in [0.25, 0.3) is 11.5 Å². The molecule has 7 heteroatoms. The summed E-state index contributed by atoms with van der Waals surface area (Å²) in [4.78, 5) is 44.5. The van der Waals surface area contributed by atoms with Gasteiger partial charge in [-0.3, -0.25) is 9.59 Å². The number of carbonyl (C=O) groups is 3. The van der Waals surface area contributed by atoms with Crippen molar-refractivity contribution in [2.75, 3.05) is 4.90 Å². The van der Waals surface area contributed by atoms with Gasteiger partial charge in [-0.25, -0.2) is 14.7 Å². The summed E-state index contributed by atoms with van der Waals surface area (Å²) in [5.41, 5.74) is 4.22. The Hall–Kier alpha value is -4.52. The highest BCUT2D eigenvalue weighted by Crippen LogP contribution is 2.32. The van der Waals surface area contributed by atoms with Gasteiger partial charge in [-0.1, -0.05) is 30.3 Å². The van der Waals surface area contributed by atoms with Crippen molar-refractivity contribution in [1.29, 1.82) is 0 Å². The van der Waals surface area contributed by atoms with Crippen LogP contribution in [0.1, 0.15) is 53.7 Å². The summed E-state index contributed by atoms with van der Waals surface area (Å²) < 4.78 is 11.1. The lowest BCUT2D eigenvalue weighted by atomic mass is 10.1. The fraction of sp³-hybridized carbons (Fsp3) is 0.143. The van der Waals surface area contributed by atoms with Crippen LogP contribution < -0.4 is 4.90 Å². The molecule has 5 rings (SSSR count). The monoisotopic (exact) mass is 466 g/mol. The molecule has 3 aromatic carbocycles. The second-order valence-electron chi connectivity index (χ2n) is 8.46. The first-order chi connectivity index (χ1) is 16.8. The van der Waals surface area contributed by atoms with E-state index in [2.05, 4.69) is 4.98 Å². The minimum atomic E-state index is -0.623. The van der Waals surface area contributed by atoms with Gasteiger partial charge in [0.05, 0.1) is 22.4 Å². The number of rotatable bonds is 5. The van der Waals surface area contributed by atoms with Crippen LogP contribution in [0.15, 0.2) is 71.1 Å². The van der Waals surface area contributed by atoms with Crippen LogP contribution >= 0.6 is 0 Å². The van der Waals surface area contributed by atoms with Gasteiger partial charge in [0.1, 0.15) is 18.1 Å². The zero-order valence-electron chi connectivity index (χ0n) is 19.5. The van der Waals surface area contributed by atoms with Gasteiger partial charge in [0.15, 0.2) is 0 Å². The number of fused-ring (bicyclic) bond motifs is 1. The number of oxazole rings is 1. The Morgan fingerprint density at radius 1 is 0.914 bits per heavy atom. The lowest BCUT2D eigenvalue weighted by Crippen LogP contribution is -2.30. The topological polar surface area (TPSA) is 89.7 Å². The highest BCUT2D eigenvalue weighted by molar-refractivity contribution is 6.35. The minimum absolute atomic E-state index is 0.0838. The van der Waals surface area contributed by atoms with Crippen LogP contribution in [0.2, 0.25) is 0 Å². The van der Waals surface area contributed by atoms with E-state index in [0.29, 0.717) is 23.0 Å². The number of anilines is 1. The largest absolute Gasteiger partial charge is 0.455 e. The number of hydrogen-bond acceptors (Lipinski definition) is 6. The molecule has 1 aliphatic heterocycles. The first-order valence-corrected chi connectivity index (χ1v) is 11.1. The first-order valence-electron chi connectivity index (χ1n) is 11.1. The number of benzene rings is 3. The standard InChI is InChI=1S/C28H22N2O5/c1-16-9-10-17(2)24(13-16)30-26(31)21-12-11-20(14-22(21)27(30)32)28(33)34-15-23-18(3)35-25(29-23)19-7-5-4-6-8-19/h4-14H,15H2,1-3H3. The van der Waals surface area contributed by atoms with E-state index in [1.54, 1.807) is 13.0 Å². The van der Waals surface area contributed by atoms with Crippen LogP contribution in [-0.4, -0.2) is 22.8 Å². The maximum atomic E-state index is 13.1. The summed E-state index contributed by atoms with van der Waals surface area (Å²) in [5.74, 6) is -0.502. The quantitative estimate of drug-likeness (QED) is 0.288. The SMILES string of the molecule is Cc1ccc(C)c(N2C(=O)c3ccc(C(=O)OCc4nc(-c5ccccc5)oc4C)cc3C2=O)c1. The smallest absolute Gasteiger partial charge is 0.338 e. The van der Waals surface area contributed by atoms with Crippen molar-refractivity contribution in [3.05, 3.63) is 106 Å². The van der Waals surface area contributed by atoms with Crippen LogP contribution in [-0.2, 0) is 11.3 Å². The molecule has 174 valence electrons. The fourth-order valence-corrected chi connectivity index (χ4v) is 4.03. The van der Waals surface area contributed by atoms with E-state index < -0.39 is 17.8 Å². The van der Waals surface area contributed by atoms with Crippen molar-refractivity contribution in [2.24, 2.45) is 0 Å². The van der Waals surface area contributed by atoms with Crippen molar-refractivity contribution >= 4 is 23.5 Å². The highest BCUT2D eigenvalue weighted by Gasteiger charge is 2.38. The lowest BCUT2D eigenvalue weighted by molar-refractivity contribution is 0.0466. The summed E-state index contributed by atoms with van der Waals surface area (Å²) in [7, 11) is 0. The number of aromatic nitrogens is 1. The molecule has 1 aromatic heterocycles. The molecular formula is C28H22N2O5. The highest BCUT2D eigenvalue weighted by atomic mass is 16.5. The van der Waals surface area contributed by atoms with Crippen molar-refractivity contribution in [3.63, 3.8) is 0 Å². The normalized spacial score (nSPS) is 12.7. The maximum Gasteiger partial charge on any atom is 0.338 e.